The van der Waals surface area contributed by atoms with Gasteiger partial charge >= 0.3 is 0 Å². The zero-order chi connectivity index (χ0) is 16.5. The van der Waals surface area contributed by atoms with Crippen LogP contribution in [0.5, 0.6) is 0 Å². The molecule has 0 saturated carbocycles. The van der Waals surface area contributed by atoms with E-state index in [1.165, 1.54) is 5.69 Å². The van der Waals surface area contributed by atoms with Crippen LogP contribution in [0.15, 0.2) is 24.3 Å². The Labute approximate surface area is 135 Å². The van der Waals surface area contributed by atoms with Gasteiger partial charge in [-0.2, -0.15) is 0 Å². The van der Waals surface area contributed by atoms with Gasteiger partial charge in [-0.15, -0.1) is 5.54 Å². The minimum absolute atomic E-state index is 1.16. The summed E-state index contributed by atoms with van der Waals surface area (Å²) in [6, 6.07) is 8.86. The van der Waals surface area contributed by atoms with Gasteiger partial charge in [-0.25, -0.2) is 0 Å². The Morgan fingerprint density at radius 3 is 1.76 bits per heavy atom. The summed E-state index contributed by atoms with van der Waals surface area (Å²) in [6.07, 6.45) is 0. The van der Waals surface area contributed by atoms with E-state index in [9.17, 15) is 0 Å². The summed E-state index contributed by atoms with van der Waals surface area (Å²) in [5.41, 5.74) is 6.01. The zero-order valence-electron chi connectivity index (χ0n) is 15.3. The van der Waals surface area contributed by atoms with Crippen LogP contribution in [0.4, 0.5) is 5.69 Å². The van der Waals surface area contributed by atoms with Gasteiger partial charge in [0.15, 0.2) is 0 Å². The van der Waals surface area contributed by atoms with Crippen LogP contribution in [-0.2, 0) is 0 Å². The molecule has 0 atom stereocenters. The molecule has 116 valence electrons. The summed E-state index contributed by atoms with van der Waals surface area (Å²) in [4.78, 5) is 0. The maximum absolute atomic E-state index is 3.47. The van der Waals surface area contributed by atoms with Crippen molar-refractivity contribution in [3.05, 3.63) is 29.8 Å². The quantitative estimate of drug-likeness (QED) is 0.529. The lowest BCUT2D eigenvalue weighted by Crippen LogP contribution is -2.59. The fraction of sp³-hybridized carbons (Fsp3) is 0.529. The molecule has 0 heterocycles. The van der Waals surface area contributed by atoms with Gasteiger partial charge < -0.3 is 4.23 Å². The van der Waals surface area contributed by atoms with Crippen LogP contribution in [0, 0.1) is 11.5 Å². The molecule has 21 heavy (non-hydrogen) atoms. The lowest BCUT2D eigenvalue weighted by Gasteiger charge is -2.46. The first-order chi connectivity index (χ1) is 9.31. The minimum Gasteiger partial charge on any atom is -0.425 e. The summed E-state index contributed by atoms with van der Waals surface area (Å²) in [7, 11) is -4.09. The van der Waals surface area contributed by atoms with E-state index in [2.05, 4.69) is 98.9 Å². The Morgan fingerprint density at radius 1 is 0.810 bits per heavy atom. The molecule has 1 nitrogen and oxygen atoms in total. The molecule has 1 rings (SSSR count). The first-order valence-corrected chi connectivity index (χ1v) is 18.1. The van der Waals surface area contributed by atoms with E-state index in [-0.39, 0.29) is 0 Å². The highest BCUT2D eigenvalue weighted by Crippen LogP contribution is 2.28. The summed E-state index contributed by atoms with van der Waals surface area (Å²) in [5, 5.41) is 0. The lowest BCUT2D eigenvalue weighted by atomic mass is 10.2. The second-order valence-electron chi connectivity index (χ2n) is 8.73. The topological polar surface area (TPSA) is 3.24 Å². The second kappa shape index (κ2) is 6.15. The van der Waals surface area contributed by atoms with Gasteiger partial charge in [0.2, 0.25) is 0 Å². The predicted molar refractivity (Wildman–Crippen MR) is 106 cm³/mol. The second-order valence-corrected chi connectivity index (χ2v) is 23.5. The number of benzene rings is 1. The van der Waals surface area contributed by atoms with Crippen molar-refractivity contribution in [1.29, 1.82) is 0 Å². The van der Waals surface area contributed by atoms with Crippen molar-refractivity contribution in [1.82, 2.24) is 0 Å². The van der Waals surface area contributed by atoms with E-state index in [1.54, 1.807) is 0 Å². The highest BCUT2D eigenvalue weighted by atomic mass is 28.4. The van der Waals surface area contributed by atoms with Crippen LogP contribution in [0.2, 0.25) is 58.9 Å². The van der Waals surface area contributed by atoms with Crippen molar-refractivity contribution in [2.45, 2.75) is 58.9 Å². The largest absolute Gasteiger partial charge is 0.425 e. The molecule has 0 aliphatic carbocycles. The summed E-state index contributed by atoms with van der Waals surface area (Å²) in [5.74, 6) is 3.40. The molecule has 0 unspecified atom stereocenters. The first-order valence-electron chi connectivity index (χ1n) is 7.74. The molecule has 0 aromatic heterocycles. The first kappa shape index (κ1) is 18.3. The predicted octanol–water partition coefficient (Wildman–Crippen LogP) is 5.39. The fourth-order valence-corrected chi connectivity index (χ4v) is 13.2. The molecule has 0 saturated heterocycles. The number of anilines is 1. The average Bonchev–Trinajstić information content (AvgIpc) is 2.22. The van der Waals surface area contributed by atoms with Crippen LogP contribution < -0.4 is 4.23 Å². The fourth-order valence-electron chi connectivity index (χ4n) is 2.76. The highest BCUT2D eigenvalue weighted by Gasteiger charge is 2.34. The van der Waals surface area contributed by atoms with Crippen LogP contribution in [-0.4, -0.2) is 24.5 Å². The van der Waals surface area contributed by atoms with Crippen LogP contribution >= 0.6 is 0 Å². The highest BCUT2D eigenvalue weighted by molar-refractivity contribution is 6.99. The maximum Gasteiger partial charge on any atom is 0.138 e. The Bertz CT molecular complexity index is 534. The van der Waals surface area contributed by atoms with Crippen molar-refractivity contribution in [3.8, 4) is 11.5 Å². The summed E-state index contributed by atoms with van der Waals surface area (Å²) < 4.78 is 2.75. The Balaban J connectivity index is 3.27. The van der Waals surface area contributed by atoms with E-state index in [0.29, 0.717) is 0 Å². The minimum atomic E-state index is -1.39. The molecule has 1 aromatic carbocycles. The molecule has 0 aliphatic rings. The third-order valence-corrected chi connectivity index (χ3v) is 11.1. The molecule has 0 spiro atoms. The molecule has 0 radical (unpaired) electrons. The van der Waals surface area contributed by atoms with Gasteiger partial charge in [0.05, 0.1) is 0 Å². The molecule has 0 bridgehead atoms. The van der Waals surface area contributed by atoms with Gasteiger partial charge in [0.25, 0.3) is 0 Å². The standard InChI is InChI=1S/C17H31NSi3/c1-19(2,3)14-13-16-11-10-12-17(15-16)18(20(4,5)6)21(7,8)9/h10-12,15H,1-9H3. The number of hydrogen-bond acceptors (Lipinski definition) is 1. The van der Waals surface area contributed by atoms with Crippen molar-refractivity contribution in [2.75, 3.05) is 4.23 Å². The number of hydrogen-bond donors (Lipinski definition) is 0. The molecule has 0 aliphatic heterocycles. The molecule has 0 N–H and O–H groups in total. The van der Waals surface area contributed by atoms with Gasteiger partial charge in [0, 0.05) is 11.3 Å². The molecule has 0 amide bonds. The summed E-state index contributed by atoms with van der Waals surface area (Å²) in [6.45, 7) is 21.5. The van der Waals surface area contributed by atoms with Crippen molar-refractivity contribution in [2.24, 2.45) is 0 Å². The van der Waals surface area contributed by atoms with Crippen LogP contribution in [0.3, 0.4) is 0 Å². The van der Waals surface area contributed by atoms with Crippen molar-refractivity contribution >= 4 is 30.2 Å². The van der Waals surface area contributed by atoms with Gasteiger partial charge in [0.1, 0.15) is 24.5 Å². The average molecular weight is 334 g/mol. The van der Waals surface area contributed by atoms with E-state index < -0.39 is 24.5 Å². The monoisotopic (exact) mass is 333 g/mol. The molecular weight excluding hydrogens is 302 g/mol. The normalized spacial score (nSPS) is 12.6. The SMILES string of the molecule is C[Si](C)(C)C#Cc1cccc(N([Si](C)(C)C)[Si](C)(C)C)c1. The third-order valence-electron chi connectivity index (χ3n) is 3.03. The molecular formula is C17H31NSi3. The Morgan fingerprint density at radius 2 is 1.33 bits per heavy atom. The maximum atomic E-state index is 3.47. The van der Waals surface area contributed by atoms with E-state index in [0.717, 1.165) is 5.56 Å². The Hall–Kier alpha value is -0.769. The van der Waals surface area contributed by atoms with E-state index in [1.807, 2.05) is 0 Å². The van der Waals surface area contributed by atoms with E-state index in [4.69, 9.17) is 0 Å². The third kappa shape index (κ3) is 5.85. The lowest BCUT2D eigenvalue weighted by molar-refractivity contribution is 1.35. The zero-order valence-corrected chi connectivity index (χ0v) is 18.3. The molecule has 0 fully saturated rings. The smallest absolute Gasteiger partial charge is 0.138 e. The Kier molecular flexibility index (Phi) is 5.36. The van der Waals surface area contributed by atoms with Gasteiger partial charge in [-0.05, 0) is 18.2 Å². The number of nitrogens with zero attached hydrogens (tertiary/aromatic N) is 1. The van der Waals surface area contributed by atoms with Crippen LogP contribution in [0.25, 0.3) is 0 Å². The molecule has 1 aromatic rings. The van der Waals surface area contributed by atoms with Gasteiger partial charge in [-0.3, -0.25) is 0 Å². The molecule has 4 heteroatoms. The summed E-state index contributed by atoms with van der Waals surface area (Å²) >= 11 is 0. The number of rotatable bonds is 3. The van der Waals surface area contributed by atoms with Crippen LogP contribution in [0.1, 0.15) is 5.56 Å². The van der Waals surface area contributed by atoms with Crippen molar-refractivity contribution < 1.29 is 0 Å². The van der Waals surface area contributed by atoms with Gasteiger partial charge in [-0.1, -0.05) is 70.9 Å². The van der Waals surface area contributed by atoms with E-state index >= 15 is 0 Å². The van der Waals surface area contributed by atoms with Crippen molar-refractivity contribution in [3.63, 3.8) is 0 Å².